The number of alkyl carbamates (subject to hydrolysis) is 1. The summed E-state index contributed by atoms with van der Waals surface area (Å²) in [4.78, 5) is 34.3. The Hall–Kier alpha value is -3.49. The van der Waals surface area contributed by atoms with Crippen LogP contribution in [0.1, 0.15) is 67.6 Å². The molecule has 39 heavy (non-hydrogen) atoms. The molecule has 2 unspecified atom stereocenters. The Morgan fingerprint density at radius 1 is 1.21 bits per heavy atom. The van der Waals surface area contributed by atoms with E-state index in [1.54, 1.807) is 13.8 Å². The zero-order valence-electron chi connectivity index (χ0n) is 22.7. The number of hydrogen-bond acceptors (Lipinski definition) is 4. The molecule has 3 aliphatic rings. The third-order valence-corrected chi connectivity index (χ3v) is 8.90. The molecule has 2 N–H and O–H groups in total. The minimum Gasteiger partial charge on any atom is -0.453 e. The van der Waals surface area contributed by atoms with E-state index in [1.807, 2.05) is 18.2 Å². The second-order valence-corrected chi connectivity index (χ2v) is 11.7. The van der Waals surface area contributed by atoms with Crippen molar-refractivity contribution in [2.75, 3.05) is 13.7 Å². The molecule has 1 saturated carbocycles. The number of aryl methyl sites for hydroxylation is 1. The highest BCUT2D eigenvalue weighted by Crippen LogP contribution is 2.54. The SMILES string of the molecule is COC(=O)N[C@H](C(=O)N1CC(F)(F)C[C@H]1c1nc2ccc(-c3ccc(C)c4c3CC3CCC43)cc2[nH]1)C(C)C. The number of hydrogen-bond donors (Lipinski definition) is 2. The molecule has 206 valence electrons. The van der Waals surface area contributed by atoms with Crippen LogP contribution in [-0.2, 0) is 16.0 Å². The first kappa shape index (κ1) is 25.8. The number of alkyl halides is 2. The molecular weight excluding hydrogens is 502 g/mol. The predicted molar refractivity (Wildman–Crippen MR) is 144 cm³/mol. The first-order valence-electron chi connectivity index (χ1n) is 13.7. The zero-order chi connectivity index (χ0) is 27.6. The van der Waals surface area contributed by atoms with E-state index in [0.29, 0.717) is 17.3 Å². The maximum atomic E-state index is 14.7. The van der Waals surface area contributed by atoms with Gasteiger partial charge in [0.05, 0.1) is 30.7 Å². The highest BCUT2D eigenvalue weighted by Gasteiger charge is 2.50. The number of amides is 2. The van der Waals surface area contributed by atoms with Gasteiger partial charge in [-0.3, -0.25) is 4.79 Å². The minimum atomic E-state index is -3.07. The van der Waals surface area contributed by atoms with E-state index in [-0.39, 0.29) is 5.92 Å². The summed E-state index contributed by atoms with van der Waals surface area (Å²) < 4.78 is 34.1. The molecule has 4 atom stereocenters. The topological polar surface area (TPSA) is 87.3 Å². The van der Waals surface area contributed by atoms with Crippen LogP contribution >= 0.6 is 0 Å². The predicted octanol–water partition coefficient (Wildman–Crippen LogP) is 5.88. The molecule has 2 amide bonds. The number of nitrogens with zero attached hydrogens (tertiary/aromatic N) is 2. The average Bonchev–Trinajstić information content (AvgIpc) is 3.53. The van der Waals surface area contributed by atoms with Crippen LogP contribution in [0.25, 0.3) is 22.2 Å². The fraction of sp³-hybridized carbons (Fsp3) is 0.500. The van der Waals surface area contributed by atoms with Crippen LogP contribution in [0, 0.1) is 18.8 Å². The summed E-state index contributed by atoms with van der Waals surface area (Å²) in [5, 5.41) is 2.50. The highest BCUT2D eigenvalue weighted by atomic mass is 19.3. The molecule has 2 aromatic carbocycles. The van der Waals surface area contributed by atoms with E-state index >= 15 is 0 Å². The van der Waals surface area contributed by atoms with Gasteiger partial charge in [0.15, 0.2) is 0 Å². The van der Waals surface area contributed by atoms with Gasteiger partial charge in [-0.1, -0.05) is 32.0 Å². The lowest BCUT2D eigenvalue weighted by atomic mass is 9.73. The van der Waals surface area contributed by atoms with Gasteiger partial charge in [0.25, 0.3) is 5.92 Å². The Morgan fingerprint density at radius 2 is 2.00 bits per heavy atom. The summed E-state index contributed by atoms with van der Waals surface area (Å²) in [5.41, 5.74) is 8.01. The van der Waals surface area contributed by atoms with Crippen molar-refractivity contribution < 1.29 is 23.1 Å². The summed E-state index contributed by atoms with van der Waals surface area (Å²) in [7, 11) is 1.20. The molecule has 2 heterocycles. The minimum absolute atomic E-state index is 0.320. The lowest BCUT2D eigenvalue weighted by Gasteiger charge is -2.31. The first-order chi connectivity index (χ1) is 18.6. The second-order valence-electron chi connectivity index (χ2n) is 11.7. The number of carbonyl (C=O) groups excluding carboxylic acids is 2. The molecule has 6 rings (SSSR count). The number of carbonyl (C=O) groups is 2. The van der Waals surface area contributed by atoms with Crippen molar-refractivity contribution in [3.63, 3.8) is 0 Å². The number of aromatic nitrogens is 2. The van der Waals surface area contributed by atoms with Gasteiger partial charge < -0.3 is 19.9 Å². The van der Waals surface area contributed by atoms with Crippen molar-refractivity contribution >= 4 is 23.0 Å². The number of imidazole rings is 1. The Morgan fingerprint density at radius 3 is 2.69 bits per heavy atom. The molecule has 0 radical (unpaired) electrons. The summed E-state index contributed by atoms with van der Waals surface area (Å²) in [6.45, 7) is 4.96. The molecule has 2 fully saturated rings. The highest BCUT2D eigenvalue weighted by molar-refractivity contribution is 5.87. The van der Waals surface area contributed by atoms with Crippen molar-refractivity contribution in [1.82, 2.24) is 20.2 Å². The normalized spacial score (nSPS) is 23.9. The van der Waals surface area contributed by atoms with Crippen molar-refractivity contribution in [1.29, 1.82) is 0 Å². The van der Waals surface area contributed by atoms with Crippen LogP contribution < -0.4 is 5.32 Å². The van der Waals surface area contributed by atoms with Crippen LogP contribution in [0.4, 0.5) is 13.6 Å². The van der Waals surface area contributed by atoms with E-state index in [9.17, 15) is 18.4 Å². The number of aromatic amines is 1. The fourth-order valence-corrected chi connectivity index (χ4v) is 6.77. The zero-order valence-corrected chi connectivity index (χ0v) is 22.7. The van der Waals surface area contributed by atoms with Crippen molar-refractivity contribution in [2.24, 2.45) is 11.8 Å². The molecule has 9 heteroatoms. The first-order valence-corrected chi connectivity index (χ1v) is 13.7. The Bertz CT molecular complexity index is 1470. The van der Waals surface area contributed by atoms with Crippen LogP contribution in [0.3, 0.4) is 0 Å². The van der Waals surface area contributed by atoms with Gasteiger partial charge in [-0.2, -0.15) is 0 Å². The van der Waals surface area contributed by atoms with Crippen LogP contribution in [0.15, 0.2) is 30.3 Å². The number of fused-ring (bicyclic) bond motifs is 4. The lowest BCUT2D eigenvalue weighted by Crippen LogP contribution is -2.51. The van der Waals surface area contributed by atoms with E-state index in [1.165, 1.54) is 42.2 Å². The maximum absolute atomic E-state index is 14.7. The number of H-pyrrole nitrogens is 1. The van der Waals surface area contributed by atoms with Crippen LogP contribution in [0.2, 0.25) is 0 Å². The molecule has 0 spiro atoms. The van der Waals surface area contributed by atoms with E-state index < -0.39 is 43.0 Å². The number of rotatable bonds is 5. The summed E-state index contributed by atoms with van der Waals surface area (Å²) in [5.74, 6) is -2.23. The molecule has 1 saturated heterocycles. The van der Waals surface area contributed by atoms with Crippen LogP contribution in [0.5, 0.6) is 0 Å². The maximum Gasteiger partial charge on any atom is 0.407 e. The molecule has 7 nitrogen and oxygen atoms in total. The summed E-state index contributed by atoms with van der Waals surface area (Å²) in [6, 6.07) is 8.44. The summed E-state index contributed by atoms with van der Waals surface area (Å²) in [6.07, 6.45) is 2.34. The Kier molecular flexibility index (Phi) is 6.15. The Balaban J connectivity index is 1.33. The number of methoxy groups -OCH3 is 1. The molecule has 2 aliphatic carbocycles. The Labute approximate surface area is 226 Å². The molecule has 1 aliphatic heterocycles. The van der Waals surface area contributed by atoms with E-state index in [2.05, 4.69) is 39.1 Å². The fourth-order valence-electron chi connectivity index (χ4n) is 6.77. The third-order valence-electron chi connectivity index (χ3n) is 8.90. The quantitative estimate of drug-likeness (QED) is 0.427. The second kappa shape index (κ2) is 9.31. The van der Waals surface area contributed by atoms with Crippen molar-refractivity contribution in [3.8, 4) is 11.1 Å². The van der Waals surface area contributed by atoms with E-state index in [4.69, 9.17) is 0 Å². The molecule has 0 bridgehead atoms. The van der Waals surface area contributed by atoms with Crippen LogP contribution in [-0.4, -0.2) is 52.5 Å². The van der Waals surface area contributed by atoms with Gasteiger partial charge in [0.2, 0.25) is 5.91 Å². The number of halogens is 2. The molecule has 3 aromatic rings. The van der Waals surface area contributed by atoms with Gasteiger partial charge in [-0.15, -0.1) is 0 Å². The number of nitrogens with one attached hydrogen (secondary N) is 2. The number of benzene rings is 2. The summed E-state index contributed by atoms with van der Waals surface area (Å²) >= 11 is 0. The van der Waals surface area contributed by atoms with Gasteiger partial charge >= 0.3 is 6.09 Å². The van der Waals surface area contributed by atoms with Gasteiger partial charge in [-0.05, 0) is 83.9 Å². The third kappa shape index (κ3) is 4.36. The number of likely N-dealkylation sites (tertiary alicyclic amines) is 1. The van der Waals surface area contributed by atoms with Gasteiger partial charge in [-0.25, -0.2) is 18.6 Å². The molecular formula is C30H34F2N4O3. The monoisotopic (exact) mass is 536 g/mol. The van der Waals surface area contributed by atoms with Gasteiger partial charge in [0, 0.05) is 6.42 Å². The largest absolute Gasteiger partial charge is 0.453 e. The smallest absolute Gasteiger partial charge is 0.407 e. The average molecular weight is 537 g/mol. The van der Waals surface area contributed by atoms with Crippen molar-refractivity contribution in [3.05, 3.63) is 52.8 Å². The van der Waals surface area contributed by atoms with E-state index in [0.717, 1.165) is 28.3 Å². The van der Waals surface area contributed by atoms with Gasteiger partial charge in [0.1, 0.15) is 11.9 Å². The lowest BCUT2D eigenvalue weighted by molar-refractivity contribution is -0.136. The number of ether oxygens (including phenoxy) is 1. The van der Waals surface area contributed by atoms with Crippen molar-refractivity contribution in [2.45, 2.75) is 70.4 Å². The standard InChI is InChI=1S/C30H34F2N4O3/c1-15(2)26(35-29(38)39-4)28(37)36-14-30(31,32)13-24(36)27-33-22-10-7-18(12-23(22)34-27)19-8-5-16(3)25-20-9-6-17(20)11-21(19)25/h5,7-8,10,12,15,17,20,24,26H,6,9,11,13-14H2,1-4H3,(H,33,34)(H,35,38)/t17?,20?,24-,26-/m0/s1. The molecule has 1 aromatic heterocycles.